The van der Waals surface area contributed by atoms with Gasteiger partial charge in [0.25, 0.3) is 0 Å². The lowest BCUT2D eigenvalue weighted by molar-refractivity contribution is -0.179. The fraction of sp³-hybridized carbons (Fsp3) is 1.00. The van der Waals surface area contributed by atoms with Gasteiger partial charge >= 0.3 is 0 Å². The van der Waals surface area contributed by atoms with Gasteiger partial charge in [-0.1, -0.05) is 0 Å². The molecule has 0 aromatic heterocycles. The molecule has 1 saturated carbocycles. The second-order valence-corrected chi connectivity index (χ2v) is 6.15. The smallest absolute Gasteiger partial charge is 0.168 e. The molecule has 0 aromatic carbocycles. The van der Waals surface area contributed by atoms with Crippen LogP contribution in [0.2, 0.25) is 0 Å². The molecule has 2 saturated heterocycles. The van der Waals surface area contributed by atoms with E-state index in [1.807, 2.05) is 0 Å². The summed E-state index contributed by atoms with van der Waals surface area (Å²) in [6.45, 7) is 4.03. The van der Waals surface area contributed by atoms with Crippen molar-refractivity contribution in [2.75, 3.05) is 33.4 Å². The van der Waals surface area contributed by atoms with E-state index >= 15 is 0 Å². The van der Waals surface area contributed by atoms with Crippen molar-refractivity contribution in [1.29, 1.82) is 0 Å². The molecule has 4 heteroatoms. The number of likely N-dealkylation sites (N-methyl/N-ethyl adjacent to an activating group) is 1. The molecule has 2 aliphatic heterocycles. The molecule has 4 nitrogen and oxygen atoms in total. The Morgan fingerprint density at radius 3 is 2.44 bits per heavy atom. The molecule has 1 spiro atoms. The maximum atomic E-state index is 5.78. The van der Waals surface area contributed by atoms with Gasteiger partial charge in [0.05, 0.1) is 13.2 Å². The molecule has 3 aliphatic rings. The third kappa shape index (κ3) is 2.87. The van der Waals surface area contributed by atoms with E-state index < -0.39 is 0 Å². The molecule has 104 valence electrons. The first-order valence-corrected chi connectivity index (χ1v) is 7.48. The molecule has 1 aliphatic carbocycles. The summed E-state index contributed by atoms with van der Waals surface area (Å²) in [7, 11) is 2.23. The van der Waals surface area contributed by atoms with Gasteiger partial charge in [0.2, 0.25) is 0 Å². The Balaban J connectivity index is 1.45. The first kappa shape index (κ1) is 12.9. The number of hydrogen-bond acceptors (Lipinski definition) is 4. The molecule has 1 atom stereocenters. The number of ether oxygens (including phenoxy) is 2. The van der Waals surface area contributed by atoms with E-state index in [-0.39, 0.29) is 5.79 Å². The largest absolute Gasteiger partial charge is 0.348 e. The Hall–Kier alpha value is -0.160. The van der Waals surface area contributed by atoms with E-state index in [1.165, 1.54) is 38.8 Å². The van der Waals surface area contributed by atoms with E-state index in [4.69, 9.17) is 9.47 Å². The van der Waals surface area contributed by atoms with Gasteiger partial charge in [-0.05, 0) is 39.3 Å². The highest BCUT2D eigenvalue weighted by Crippen LogP contribution is 2.35. The molecule has 0 bridgehead atoms. The van der Waals surface area contributed by atoms with Crippen LogP contribution in [0.3, 0.4) is 0 Å². The fourth-order valence-corrected chi connectivity index (χ4v) is 3.65. The van der Waals surface area contributed by atoms with Crippen molar-refractivity contribution in [2.24, 2.45) is 0 Å². The van der Waals surface area contributed by atoms with Crippen molar-refractivity contribution in [3.05, 3.63) is 0 Å². The zero-order valence-electron chi connectivity index (χ0n) is 11.5. The van der Waals surface area contributed by atoms with Crippen LogP contribution in [-0.2, 0) is 9.47 Å². The molecule has 3 fully saturated rings. The summed E-state index contributed by atoms with van der Waals surface area (Å²) in [6, 6.07) is 1.35. The summed E-state index contributed by atoms with van der Waals surface area (Å²) in [6.07, 6.45) is 7.18. The Kier molecular flexibility index (Phi) is 3.89. The van der Waals surface area contributed by atoms with Crippen LogP contribution in [0.25, 0.3) is 0 Å². The highest BCUT2D eigenvalue weighted by Gasteiger charge is 2.40. The maximum absolute atomic E-state index is 5.78. The third-order valence-corrected chi connectivity index (χ3v) is 4.66. The lowest BCUT2D eigenvalue weighted by Gasteiger charge is -2.39. The van der Waals surface area contributed by atoms with Crippen LogP contribution in [0, 0.1) is 0 Å². The lowest BCUT2D eigenvalue weighted by Crippen LogP contribution is -2.50. The van der Waals surface area contributed by atoms with Gasteiger partial charge in [-0.25, -0.2) is 0 Å². The van der Waals surface area contributed by atoms with Gasteiger partial charge in [0.15, 0.2) is 5.79 Å². The minimum atomic E-state index is -0.207. The highest BCUT2D eigenvalue weighted by atomic mass is 16.7. The monoisotopic (exact) mass is 254 g/mol. The van der Waals surface area contributed by atoms with E-state index in [9.17, 15) is 0 Å². The molecule has 18 heavy (non-hydrogen) atoms. The minimum Gasteiger partial charge on any atom is -0.348 e. The molecule has 0 radical (unpaired) electrons. The van der Waals surface area contributed by atoms with Gasteiger partial charge < -0.3 is 19.7 Å². The van der Waals surface area contributed by atoms with Crippen molar-refractivity contribution in [3.8, 4) is 0 Å². The summed E-state index contributed by atoms with van der Waals surface area (Å²) < 4.78 is 11.6. The second kappa shape index (κ2) is 5.45. The first-order chi connectivity index (χ1) is 8.76. The molecule has 3 rings (SSSR count). The summed E-state index contributed by atoms with van der Waals surface area (Å²) in [5.74, 6) is -0.207. The van der Waals surface area contributed by atoms with Gasteiger partial charge in [0.1, 0.15) is 0 Å². The standard InChI is InChI=1S/C14H26N2O2/c1-16-8-2-3-13(11-16)15-12-4-6-14(7-5-12)17-9-10-18-14/h12-13,15H,2-11H2,1H3. The molecule has 0 amide bonds. The van der Waals surface area contributed by atoms with Crippen molar-refractivity contribution < 1.29 is 9.47 Å². The molecule has 0 aromatic rings. The molecule has 2 heterocycles. The number of nitrogens with zero attached hydrogens (tertiary/aromatic N) is 1. The lowest BCUT2D eigenvalue weighted by atomic mass is 9.89. The van der Waals surface area contributed by atoms with Gasteiger partial charge in [-0.2, -0.15) is 0 Å². The SMILES string of the molecule is CN1CCCC(NC2CCC3(CC2)OCCO3)C1. The molecule has 1 unspecified atom stereocenters. The third-order valence-electron chi connectivity index (χ3n) is 4.66. The maximum Gasteiger partial charge on any atom is 0.168 e. The van der Waals surface area contributed by atoms with Crippen molar-refractivity contribution in [3.63, 3.8) is 0 Å². The fourth-order valence-electron chi connectivity index (χ4n) is 3.65. The predicted molar refractivity (Wildman–Crippen MR) is 70.5 cm³/mol. The summed E-state index contributed by atoms with van der Waals surface area (Å²) in [4.78, 5) is 2.44. The van der Waals surface area contributed by atoms with Gasteiger partial charge in [-0.3, -0.25) is 0 Å². The van der Waals surface area contributed by atoms with Crippen LogP contribution >= 0.6 is 0 Å². The second-order valence-electron chi connectivity index (χ2n) is 6.15. The average Bonchev–Trinajstić information content (AvgIpc) is 2.81. The number of rotatable bonds is 2. The zero-order chi connectivity index (χ0) is 12.4. The Morgan fingerprint density at radius 2 is 1.78 bits per heavy atom. The predicted octanol–water partition coefficient (Wildman–Crippen LogP) is 1.36. The molecular weight excluding hydrogens is 228 g/mol. The van der Waals surface area contributed by atoms with Gasteiger partial charge in [-0.15, -0.1) is 0 Å². The summed E-state index contributed by atoms with van der Waals surface area (Å²) in [5, 5.41) is 3.84. The number of piperidine rings is 1. The Bertz CT molecular complexity index is 269. The summed E-state index contributed by atoms with van der Waals surface area (Å²) in [5.41, 5.74) is 0. The van der Waals surface area contributed by atoms with Crippen molar-refractivity contribution in [1.82, 2.24) is 10.2 Å². The van der Waals surface area contributed by atoms with Crippen molar-refractivity contribution >= 4 is 0 Å². The van der Waals surface area contributed by atoms with E-state index in [1.54, 1.807) is 0 Å². The van der Waals surface area contributed by atoms with Crippen LogP contribution in [0.5, 0.6) is 0 Å². The Morgan fingerprint density at radius 1 is 1.06 bits per heavy atom. The summed E-state index contributed by atoms with van der Waals surface area (Å²) >= 11 is 0. The molecule has 1 N–H and O–H groups in total. The topological polar surface area (TPSA) is 33.7 Å². The quantitative estimate of drug-likeness (QED) is 0.806. The van der Waals surface area contributed by atoms with Crippen LogP contribution in [0.15, 0.2) is 0 Å². The Labute approximate surface area is 110 Å². The van der Waals surface area contributed by atoms with Crippen molar-refractivity contribution in [2.45, 2.75) is 56.4 Å². The number of likely N-dealkylation sites (tertiary alicyclic amines) is 1. The highest BCUT2D eigenvalue weighted by molar-refractivity contribution is 4.88. The van der Waals surface area contributed by atoms with Gasteiger partial charge in [0, 0.05) is 31.5 Å². The van der Waals surface area contributed by atoms with Crippen LogP contribution in [0.4, 0.5) is 0 Å². The van der Waals surface area contributed by atoms with E-state index in [0.717, 1.165) is 26.1 Å². The number of hydrogen-bond donors (Lipinski definition) is 1. The average molecular weight is 254 g/mol. The molecular formula is C14H26N2O2. The number of nitrogens with one attached hydrogen (secondary N) is 1. The van der Waals surface area contributed by atoms with E-state index in [0.29, 0.717) is 12.1 Å². The van der Waals surface area contributed by atoms with Crippen LogP contribution in [-0.4, -0.2) is 56.1 Å². The van der Waals surface area contributed by atoms with Crippen LogP contribution in [0.1, 0.15) is 38.5 Å². The van der Waals surface area contributed by atoms with E-state index in [2.05, 4.69) is 17.3 Å². The zero-order valence-corrected chi connectivity index (χ0v) is 11.5. The minimum absolute atomic E-state index is 0.207. The normalized spacial score (nSPS) is 34.2. The van der Waals surface area contributed by atoms with Crippen LogP contribution < -0.4 is 5.32 Å². The first-order valence-electron chi connectivity index (χ1n) is 7.48.